The van der Waals surface area contributed by atoms with E-state index in [4.69, 9.17) is 34.8 Å². The average Bonchev–Trinajstić information content (AvgIpc) is 2.65. The summed E-state index contributed by atoms with van der Waals surface area (Å²) in [7, 11) is 0. The first-order valence-electron chi connectivity index (χ1n) is 7.62. The van der Waals surface area contributed by atoms with Gasteiger partial charge in [0.1, 0.15) is 11.1 Å². The Hall–Kier alpha value is -1.72. The van der Waals surface area contributed by atoms with Gasteiger partial charge in [-0.25, -0.2) is 4.98 Å². The molecule has 1 unspecified atom stereocenters. The fourth-order valence-corrected chi connectivity index (χ4v) is 3.77. The quantitative estimate of drug-likeness (QED) is 0.475. The number of halogens is 3. The number of thioether (sulfide) groups is 1. The SMILES string of the molecule is O=C(Nc1ccc(Cl)cn1)C(Sc1ccc(Cl)c(Cl)c1)c1ccccc1. The monoisotopic (exact) mass is 422 g/mol. The number of amides is 1. The van der Waals surface area contributed by atoms with Crippen LogP contribution in [0.2, 0.25) is 15.1 Å². The van der Waals surface area contributed by atoms with E-state index in [-0.39, 0.29) is 5.91 Å². The van der Waals surface area contributed by atoms with Gasteiger partial charge in [-0.2, -0.15) is 0 Å². The number of hydrogen-bond donors (Lipinski definition) is 1. The van der Waals surface area contributed by atoms with E-state index in [9.17, 15) is 4.79 Å². The standard InChI is InChI=1S/C19H13Cl3N2OS/c20-13-6-9-17(23-11-13)24-19(25)18(12-4-2-1-3-5-12)26-14-7-8-15(21)16(22)10-14/h1-11,18H,(H,23,24,25). The largest absolute Gasteiger partial charge is 0.309 e. The lowest BCUT2D eigenvalue weighted by Gasteiger charge is -2.17. The van der Waals surface area contributed by atoms with Crippen molar-refractivity contribution in [3.63, 3.8) is 0 Å². The highest BCUT2D eigenvalue weighted by atomic mass is 35.5. The third kappa shape index (κ3) is 4.92. The van der Waals surface area contributed by atoms with Crippen molar-refractivity contribution in [3.8, 4) is 0 Å². The molecule has 1 N–H and O–H groups in total. The first-order chi connectivity index (χ1) is 12.5. The minimum absolute atomic E-state index is 0.193. The van der Waals surface area contributed by atoms with E-state index in [0.717, 1.165) is 10.5 Å². The summed E-state index contributed by atoms with van der Waals surface area (Å²) in [5.74, 6) is 0.247. The summed E-state index contributed by atoms with van der Waals surface area (Å²) in [4.78, 5) is 17.8. The highest BCUT2D eigenvalue weighted by Crippen LogP contribution is 2.38. The molecule has 0 spiro atoms. The topological polar surface area (TPSA) is 42.0 Å². The Morgan fingerprint density at radius 1 is 0.962 bits per heavy atom. The van der Waals surface area contributed by atoms with Crippen LogP contribution in [0.4, 0.5) is 5.82 Å². The molecule has 0 saturated carbocycles. The van der Waals surface area contributed by atoms with Gasteiger partial charge in [-0.1, -0.05) is 65.1 Å². The molecule has 2 aromatic carbocycles. The maximum atomic E-state index is 12.9. The number of hydrogen-bond acceptors (Lipinski definition) is 3. The van der Waals surface area contributed by atoms with Gasteiger partial charge in [-0.05, 0) is 35.9 Å². The van der Waals surface area contributed by atoms with Crippen LogP contribution in [-0.4, -0.2) is 10.9 Å². The maximum Gasteiger partial charge on any atom is 0.243 e. The number of nitrogens with zero attached hydrogens (tertiary/aromatic N) is 1. The number of carbonyl (C=O) groups is 1. The van der Waals surface area contributed by atoms with E-state index in [1.807, 2.05) is 36.4 Å². The van der Waals surface area contributed by atoms with Crippen molar-refractivity contribution >= 4 is 58.3 Å². The Balaban J connectivity index is 1.86. The van der Waals surface area contributed by atoms with Gasteiger partial charge in [0.2, 0.25) is 5.91 Å². The van der Waals surface area contributed by atoms with Crippen molar-refractivity contribution in [2.45, 2.75) is 10.1 Å². The number of rotatable bonds is 5. The van der Waals surface area contributed by atoms with Crippen LogP contribution in [-0.2, 0) is 4.79 Å². The molecular weight excluding hydrogens is 411 g/mol. The predicted octanol–water partition coefficient (Wildman–Crippen LogP) is 6.51. The Kier molecular flexibility index (Phi) is 6.43. The molecule has 132 valence electrons. The van der Waals surface area contributed by atoms with Crippen LogP contribution >= 0.6 is 46.6 Å². The minimum Gasteiger partial charge on any atom is -0.309 e. The number of aromatic nitrogens is 1. The van der Waals surface area contributed by atoms with Crippen molar-refractivity contribution in [2.75, 3.05) is 5.32 Å². The van der Waals surface area contributed by atoms with E-state index in [0.29, 0.717) is 20.9 Å². The van der Waals surface area contributed by atoms with Gasteiger partial charge in [0.25, 0.3) is 0 Å². The number of pyridine rings is 1. The van der Waals surface area contributed by atoms with Crippen LogP contribution < -0.4 is 5.32 Å². The number of benzene rings is 2. The van der Waals surface area contributed by atoms with E-state index in [2.05, 4.69) is 10.3 Å². The first kappa shape index (κ1) is 19.1. The zero-order valence-corrected chi connectivity index (χ0v) is 16.4. The first-order valence-corrected chi connectivity index (χ1v) is 9.63. The molecule has 0 bridgehead atoms. The molecule has 1 atom stereocenters. The molecule has 1 heterocycles. The van der Waals surface area contributed by atoms with E-state index >= 15 is 0 Å². The smallest absolute Gasteiger partial charge is 0.243 e. The molecule has 0 saturated heterocycles. The van der Waals surface area contributed by atoms with Gasteiger partial charge in [-0.3, -0.25) is 4.79 Å². The second kappa shape index (κ2) is 8.78. The Bertz CT molecular complexity index is 904. The fourth-order valence-electron chi connectivity index (χ4n) is 2.23. The van der Waals surface area contributed by atoms with Crippen molar-refractivity contribution < 1.29 is 4.79 Å². The van der Waals surface area contributed by atoms with Crippen molar-refractivity contribution in [1.29, 1.82) is 0 Å². The van der Waals surface area contributed by atoms with Gasteiger partial charge in [0.05, 0.1) is 15.1 Å². The predicted molar refractivity (Wildman–Crippen MR) is 109 cm³/mol. The van der Waals surface area contributed by atoms with E-state index < -0.39 is 5.25 Å². The van der Waals surface area contributed by atoms with Crippen molar-refractivity contribution in [2.24, 2.45) is 0 Å². The van der Waals surface area contributed by atoms with Gasteiger partial charge >= 0.3 is 0 Å². The maximum absolute atomic E-state index is 12.9. The number of carbonyl (C=O) groups excluding carboxylic acids is 1. The fraction of sp³-hybridized carbons (Fsp3) is 0.0526. The van der Waals surface area contributed by atoms with E-state index in [1.54, 1.807) is 24.3 Å². The Labute approximate surface area is 170 Å². The van der Waals surface area contributed by atoms with Gasteiger partial charge in [0.15, 0.2) is 0 Å². The summed E-state index contributed by atoms with van der Waals surface area (Å²) in [5.41, 5.74) is 0.870. The molecule has 0 fully saturated rings. The van der Waals surface area contributed by atoms with Crippen LogP contribution in [0.3, 0.4) is 0 Å². The van der Waals surface area contributed by atoms with Crippen molar-refractivity contribution in [1.82, 2.24) is 4.98 Å². The molecule has 1 amide bonds. The highest BCUT2D eigenvalue weighted by molar-refractivity contribution is 8.00. The third-order valence-electron chi connectivity index (χ3n) is 3.46. The molecule has 3 rings (SSSR count). The van der Waals surface area contributed by atoms with Gasteiger partial charge < -0.3 is 5.32 Å². The van der Waals surface area contributed by atoms with Crippen molar-refractivity contribution in [3.05, 3.63) is 87.5 Å². The molecule has 26 heavy (non-hydrogen) atoms. The lowest BCUT2D eigenvalue weighted by molar-refractivity contribution is -0.115. The van der Waals surface area contributed by atoms with Gasteiger partial charge in [-0.15, -0.1) is 11.8 Å². The second-order valence-corrected chi connectivity index (χ2v) is 7.76. The van der Waals surface area contributed by atoms with Crippen LogP contribution in [0.1, 0.15) is 10.8 Å². The Morgan fingerprint density at radius 2 is 1.73 bits per heavy atom. The summed E-state index contributed by atoms with van der Waals surface area (Å²) in [6.45, 7) is 0. The molecule has 3 nitrogen and oxygen atoms in total. The summed E-state index contributed by atoms with van der Waals surface area (Å²) in [6, 6.07) is 18.1. The van der Waals surface area contributed by atoms with Crippen LogP contribution in [0, 0.1) is 0 Å². The minimum atomic E-state index is -0.481. The highest BCUT2D eigenvalue weighted by Gasteiger charge is 2.22. The third-order valence-corrected chi connectivity index (χ3v) is 5.67. The lowest BCUT2D eigenvalue weighted by Crippen LogP contribution is -2.19. The molecule has 1 aromatic heterocycles. The molecule has 0 aliphatic heterocycles. The summed E-state index contributed by atoms with van der Waals surface area (Å²) in [6.07, 6.45) is 1.49. The van der Waals surface area contributed by atoms with Gasteiger partial charge in [0, 0.05) is 11.1 Å². The Morgan fingerprint density at radius 3 is 2.38 bits per heavy atom. The zero-order chi connectivity index (χ0) is 18.5. The van der Waals surface area contributed by atoms with Crippen LogP contribution in [0.5, 0.6) is 0 Å². The molecular formula is C19H13Cl3N2OS. The molecule has 0 aliphatic rings. The van der Waals surface area contributed by atoms with Crippen LogP contribution in [0.15, 0.2) is 71.8 Å². The average molecular weight is 424 g/mol. The second-order valence-electron chi connectivity index (χ2n) is 5.34. The summed E-state index contributed by atoms with van der Waals surface area (Å²) >= 11 is 19.3. The summed E-state index contributed by atoms with van der Waals surface area (Å²) in [5, 5.41) is 3.77. The summed E-state index contributed by atoms with van der Waals surface area (Å²) < 4.78 is 0. The normalized spacial score (nSPS) is 11.8. The molecule has 0 radical (unpaired) electrons. The number of anilines is 1. The van der Waals surface area contributed by atoms with Crippen LogP contribution in [0.25, 0.3) is 0 Å². The lowest BCUT2D eigenvalue weighted by atomic mass is 10.1. The molecule has 7 heteroatoms. The van der Waals surface area contributed by atoms with E-state index in [1.165, 1.54) is 18.0 Å². The molecule has 3 aromatic rings. The number of nitrogens with one attached hydrogen (secondary N) is 1. The zero-order valence-electron chi connectivity index (χ0n) is 13.3. The molecule has 0 aliphatic carbocycles.